The van der Waals surface area contributed by atoms with Gasteiger partial charge in [0.15, 0.2) is 0 Å². The molecule has 38 heavy (non-hydrogen) atoms. The van der Waals surface area contributed by atoms with Crippen molar-refractivity contribution in [3.63, 3.8) is 0 Å². The first-order chi connectivity index (χ1) is 18.0. The number of phenols is 1. The van der Waals surface area contributed by atoms with Crippen LogP contribution in [0.5, 0.6) is 5.75 Å². The summed E-state index contributed by atoms with van der Waals surface area (Å²) in [5.74, 6) is -4.60. The Morgan fingerprint density at radius 1 is 0.763 bits per heavy atom. The molecule has 0 spiro atoms. The second-order valence-electron chi connectivity index (χ2n) is 8.54. The number of phenolic OH excluding ortho intramolecular Hbond substituents is 1. The number of carboxylic acids is 1. The highest BCUT2D eigenvalue weighted by Crippen LogP contribution is 2.12. The molecule has 0 aliphatic carbocycles. The van der Waals surface area contributed by atoms with Crippen LogP contribution in [0.1, 0.15) is 17.5 Å². The van der Waals surface area contributed by atoms with Crippen molar-refractivity contribution in [2.45, 2.75) is 43.4 Å². The van der Waals surface area contributed by atoms with Crippen LogP contribution in [-0.4, -0.2) is 69.7 Å². The van der Waals surface area contributed by atoms with Crippen molar-refractivity contribution < 1.29 is 34.2 Å². The average Bonchev–Trinajstić information content (AvgIpc) is 2.87. The Morgan fingerprint density at radius 3 is 1.82 bits per heavy atom. The molecular weight excluding hydrogens is 514 g/mol. The van der Waals surface area contributed by atoms with Crippen LogP contribution in [0.2, 0.25) is 0 Å². The summed E-state index contributed by atoms with van der Waals surface area (Å²) < 4.78 is 0. The number of carbonyl (C=O) groups is 5. The highest BCUT2D eigenvalue weighted by Gasteiger charge is 2.30. The number of hydrogen-bond acceptors (Lipinski definition) is 8. The van der Waals surface area contributed by atoms with Crippen molar-refractivity contribution in [3.8, 4) is 5.75 Å². The number of primary amides is 1. The Kier molecular flexibility index (Phi) is 11.6. The van der Waals surface area contributed by atoms with Crippen LogP contribution in [-0.2, 0) is 36.8 Å². The van der Waals surface area contributed by atoms with Crippen molar-refractivity contribution in [3.05, 3.63) is 65.7 Å². The van der Waals surface area contributed by atoms with Crippen LogP contribution in [0.4, 0.5) is 0 Å². The Morgan fingerprint density at radius 2 is 1.26 bits per heavy atom. The van der Waals surface area contributed by atoms with E-state index in [1.807, 2.05) is 0 Å². The van der Waals surface area contributed by atoms with E-state index in [0.29, 0.717) is 11.1 Å². The number of thiol groups is 1. The van der Waals surface area contributed by atoms with Crippen molar-refractivity contribution in [2.24, 2.45) is 11.5 Å². The first kappa shape index (κ1) is 30.1. The summed E-state index contributed by atoms with van der Waals surface area (Å²) in [6, 6.07) is 9.56. The van der Waals surface area contributed by atoms with Gasteiger partial charge >= 0.3 is 5.97 Å². The number of carboxylic acid groups (broad SMARTS) is 1. The van der Waals surface area contributed by atoms with Crippen LogP contribution < -0.4 is 27.4 Å². The molecule has 4 atom stereocenters. The monoisotopic (exact) mass is 545 g/mol. The van der Waals surface area contributed by atoms with Gasteiger partial charge in [0.25, 0.3) is 0 Å². The predicted octanol–water partition coefficient (Wildman–Crippen LogP) is -1.15. The zero-order valence-corrected chi connectivity index (χ0v) is 21.3. The Balaban J connectivity index is 2.20. The van der Waals surface area contributed by atoms with Crippen molar-refractivity contribution in [2.75, 3.05) is 5.75 Å². The molecule has 0 bridgehead atoms. The Hall–Kier alpha value is -4.10. The van der Waals surface area contributed by atoms with Gasteiger partial charge in [0.1, 0.15) is 23.9 Å². The third kappa shape index (κ3) is 9.75. The third-order valence-electron chi connectivity index (χ3n) is 5.48. The van der Waals surface area contributed by atoms with Gasteiger partial charge in [0, 0.05) is 18.6 Å². The third-order valence-corrected chi connectivity index (χ3v) is 5.84. The van der Waals surface area contributed by atoms with E-state index in [2.05, 4.69) is 28.6 Å². The van der Waals surface area contributed by atoms with E-state index < -0.39 is 60.2 Å². The lowest BCUT2D eigenvalue weighted by Crippen LogP contribution is -2.58. The number of amides is 4. The van der Waals surface area contributed by atoms with E-state index >= 15 is 0 Å². The second-order valence-corrected chi connectivity index (χ2v) is 8.91. The number of aliphatic carboxylic acids is 1. The van der Waals surface area contributed by atoms with Gasteiger partial charge in [0.2, 0.25) is 23.6 Å². The number of hydrogen-bond donors (Lipinski definition) is 8. The Bertz CT molecular complexity index is 1130. The molecule has 2 aromatic carbocycles. The minimum atomic E-state index is -1.28. The highest BCUT2D eigenvalue weighted by atomic mass is 32.1. The minimum Gasteiger partial charge on any atom is -0.508 e. The van der Waals surface area contributed by atoms with Crippen LogP contribution in [0.15, 0.2) is 54.6 Å². The maximum absolute atomic E-state index is 13.2. The van der Waals surface area contributed by atoms with E-state index in [1.54, 1.807) is 42.5 Å². The van der Waals surface area contributed by atoms with Gasteiger partial charge in [-0.3, -0.25) is 19.2 Å². The molecule has 12 nitrogen and oxygen atoms in total. The van der Waals surface area contributed by atoms with E-state index in [1.165, 1.54) is 12.1 Å². The summed E-state index contributed by atoms with van der Waals surface area (Å²) in [5, 5.41) is 26.6. The Labute approximate surface area is 224 Å². The molecule has 2 aromatic rings. The lowest BCUT2D eigenvalue weighted by molar-refractivity contribution is -0.142. The molecule has 0 heterocycles. The van der Waals surface area contributed by atoms with Crippen LogP contribution in [0.25, 0.3) is 0 Å². The zero-order valence-electron chi connectivity index (χ0n) is 20.4. The predicted molar refractivity (Wildman–Crippen MR) is 141 cm³/mol. The summed E-state index contributed by atoms with van der Waals surface area (Å²) >= 11 is 4.08. The quantitative estimate of drug-likeness (QED) is 0.135. The maximum atomic E-state index is 13.2. The molecule has 4 amide bonds. The SMILES string of the molecule is NC(=O)CC(N)C(=O)NC(CS)C(=O)NC(Cc1ccc(O)cc1)C(=O)NC(Cc1ccccc1)C(=O)O. The van der Waals surface area contributed by atoms with Gasteiger partial charge in [0.05, 0.1) is 12.5 Å². The lowest BCUT2D eigenvalue weighted by Gasteiger charge is -2.24. The molecule has 0 aliphatic heterocycles. The van der Waals surface area contributed by atoms with Gasteiger partial charge in [-0.15, -0.1) is 0 Å². The van der Waals surface area contributed by atoms with Crippen LogP contribution in [0.3, 0.4) is 0 Å². The highest BCUT2D eigenvalue weighted by molar-refractivity contribution is 7.80. The molecule has 0 radical (unpaired) electrons. The van der Waals surface area contributed by atoms with E-state index in [0.717, 1.165) is 0 Å². The molecule has 4 unspecified atom stereocenters. The summed E-state index contributed by atoms with van der Waals surface area (Å²) in [7, 11) is 0. The molecule has 204 valence electrons. The summed E-state index contributed by atoms with van der Waals surface area (Å²) in [6.45, 7) is 0. The normalized spacial score (nSPS) is 13.8. The molecule has 0 aromatic heterocycles. The molecule has 0 fully saturated rings. The zero-order chi connectivity index (χ0) is 28.2. The van der Waals surface area contributed by atoms with Crippen LogP contribution >= 0.6 is 12.6 Å². The fourth-order valence-electron chi connectivity index (χ4n) is 3.45. The van der Waals surface area contributed by atoms with Gasteiger partial charge in [-0.05, 0) is 23.3 Å². The standard InChI is InChI=1S/C25H31N5O7S/c26-17(12-21(27)32)22(33)30-20(13-38)24(35)28-18(10-15-6-8-16(31)9-7-15)23(34)29-19(25(36)37)11-14-4-2-1-3-5-14/h1-9,17-20,31,38H,10-13,26H2,(H2,27,32)(H,28,35)(H,29,34)(H,30,33)(H,36,37). The molecule has 0 saturated carbocycles. The van der Waals surface area contributed by atoms with Gasteiger partial charge in [-0.2, -0.15) is 12.6 Å². The van der Waals surface area contributed by atoms with Gasteiger partial charge in [-0.25, -0.2) is 4.79 Å². The first-order valence-corrected chi connectivity index (χ1v) is 12.2. The molecular formula is C25H31N5O7S. The fourth-order valence-corrected chi connectivity index (χ4v) is 3.71. The van der Waals surface area contributed by atoms with E-state index in [-0.39, 0.29) is 24.3 Å². The summed E-state index contributed by atoms with van der Waals surface area (Å²) in [5.41, 5.74) is 11.9. The number of nitrogens with one attached hydrogen (secondary N) is 3. The van der Waals surface area contributed by atoms with Crippen molar-refractivity contribution in [1.82, 2.24) is 16.0 Å². The second kappa shape index (κ2) is 14.6. The fraction of sp³-hybridized carbons (Fsp3) is 0.320. The summed E-state index contributed by atoms with van der Waals surface area (Å²) in [6.07, 6.45) is -0.477. The van der Waals surface area contributed by atoms with Crippen molar-refractivity contribution >= 4 is 42.2 Å². The number of aromatic hydroxyl groups is 1. The minimum absolute atomic E-state index is 0.00209. The molecule has 2 rings (SSSR count). The van der Waals surface area contributed by atoms with E-state index in [9.17, 15) is 34.2 Å². The molecule has 0 saturated heterocycles. The number of benzene rings is 2. The van der Waals surface area contributed by atoms with E-state index in [4.69, 9.17) is 11.5 Å². The number of rotatable bonds is 14. The molecule has 9 N–H and O–H groups in total. The number of carbonyl (C=O) groups excluding carboxylic acids is 4. The largest absolute Gasteiger partial charge is 0.508 e. The van der Waals surface area contributed by atoms with Crippen molar-refractivity contribution in [1.29, 1.82) is 0 Å². The van der Waals surface area contributed by atoms with Crippen LogP contribution in [0, 0.1) is 0 Å². The maximum Gasteiger partial charge on any atom is 0.326 e. The average molecular weight is 546 g/mol. The molecule has 13 heteroatoms. The number of nitrogens with two attached hydrogens (primary N) is 2. The summed E-state index contributed by atoms with van der Waals surface area (Å²) in [4.78, 5) is 61.3. The van der Waals surface area contributed by atoms with Gasteiger partial charge < -0.3 is 37.6 Å². The molecule has 0 aliphatic rings. The topological polar surface area (TPSA) is 214 Å². The lowest BCUT2D eigenvalue weighted by atomic mass is 10.0. The smallest absolute Gasteiger partial charge is 0.326 e. The first-order valence-electron chi connectivity index (χ1n) is 11.6. The van der Waals surface area contributed by atoms with Gasteiger partial charge in [-0.1, -0.05) is 42.5 Å².